The molecule has 26 heavy (non-hydrogen) atoms. The molecule has 1 aromatic carbocycles. The van der Waals surface area contributed by atoms with Crippen molar-refractivity contribution in [2.45, 2.75) is 45.6 Å². The Labute approximate surface area is 155 Å². The second kappa shape index (κ2) is 8.88. The fraction of sp³-hybridized carbons (Fsp3) is 0.524. The van der Waals surface area contributed by atoms with Crippen molar-refractivity contribution < 1.29 is 9.59 Å². The zero-order valence-corrected chi connectivity index (χ0v) is 15.6. The maximum absolute atomic E-state index is 12.4. The van der Waals surface area contributed by atoms with E-state index in [1.807, 2.05) is 17.9 Å². The number of aryl methyl sites for hydroxylation is 1. The summed E-state index contributed by atoms with van der Waals surface area (Å²) in [6, 6.07) is 10.5. The van der Waals surface area contributed by atoms with E-state index in [2.05, 4.69) is 40.3 Å². The Morgan fingerprint density at radius 2 is 1.92 bits per heavy atom. The van der Waals surface area contributed by atoms with Crippen LogP contribution in [0.25, 0.3) is 10.9 Å². The van der Waals surface area contributed by atoms with Crippen LogP contribution in [0.2, 0.25) is 0 Å². The van der Waals surface area contributed by atoms with Gasteiger partial charge >= 0.3 is 0 Å². The number of nitrogens with one attached hydrogen (secondary N) is 1. The molecule has 0 spiro atoms. The highest BCUT2D eigenvalue weighted by molar-refractivity contribution is 5.80. The van der Waals surface area contributed by atoms with Gasteiger partial charge < -0.3 is 14.8 Å². The largest absolute Gasteiger partial charge is 0.356 e. The molecule has 0 unspecified atom stereocenters. The number of hydrogen-bond donors (Lipinski definition) is 1. The Hall–Kier alpha value is -2.30. The summed E-state index contributed by atoms with van der Waals surface area (Å²) in [5, 5.41) is 4.33. The van der Waals surface area contributed by atoms with Crippen LogP contribution >= 0.6 is 0 Å². The minimum atomic E-state index is 0.0492. The Morgan fingerprint density at radius 1 is 1.15 bits per heavy atom. The first kappa shape index (κ1) is 18.5. The van der Waals surface area contributed by atoms with Gasteiger partial charge in [0.2, 0.25) is 11.8 Å². The number of para-hydroxylation sites is 1. The van der Waals surface area contributed by atoms with E-state index < -0.39 is 0 Å². The predicted octanol–water partition coefficient (Wildman–Crippen LogP) is 3.19. The van der Waals surface area contributed by atoms with Crippen LogP contribution in [0.1, 0.15) is 39.0 Å². The molecule has 3 rings (SSSR count). The molecule has 1 aliphatic rings. The Morgan fingerprint density at radius 3 is 2.69 bits per heavy atom. The highest BCUT2D eigenvalue weighted by Crippen LogP contribution is 2.18. The number of carbonyl (C=O) groups excluding carboxylic acids is 2. The number of amides is 2. The molecule has 5 nitrogen and oxygen atoms in total. The van der Waals surface area contributed by atoms with E-state index in [0.29, 0.717) is 26.1 Å². The average Bonchev–Trinajstić information content (AvgIpc) is 3.08. The van der Waals surface area contributed by atoms with Gasteiger partial charge in [0.25, 0.3) is 0 Å². The van der Waals surface area contributed by atoms with Gasteiger partial charge in [-0.25, -0.2) is 0 Å². The SMILES string of the molecule is CCCC(=O)N1CCC(C(=O)NCCCn2ccc3ccccc32)CC1. The van der Waals surface area contributed by atoms with E-state index in [4.69, 9.17) is 0 Å². The summed E-state index contributed by atoms with van der Waals surface area (Å²) in [5.41, 5.74) is 1.24. The summed E-state index contributed by atoms with van der Waals surface area (Å²) in [5.74, 6) is 0.420. The number of hydrogen-bond acceptors (Lipinski definition) is 2. The van der Waals surface area contributed by atoms with Crippen LogP contribution in [0, 0.1) is 5.92 Å². The number of nitrogens with zero attached hydrogens (tertiary/aromatic N) is 2. The maximum Gasteiger partial charge on any atom is 0.223 e. The van der Waals surface area contributed by atoms with Gasteiger partial charge in [-0.2, -0.15) is 0 Å². The molecular formula is C21H29N3O2. The minimum Gasteiger partial charge on any atom is -0.356 e. The molecule has 5 heteroatoms. The maximum atomic E-state index is 12.4. The number of aromatic nitrogens is 1. The molecular weight excluding hydrogens is 326 g/mol. The van der Waals surface area contributed by atoms with Gasteiger partial charge in [-0.1, -0.05) is 25.1 Å². The van der Waals surface area contributed by atoms with Crippen LogP contribution in [0.5, 0.6) is 0 Å². The molecule has 2 aromatic rings. The first-order chi connectivity index (χ1) is 12.7. The van der Waals surface area contributed by atoms with E-state index in [-0.39, 0.29) is 17.7 Å². The molecule has 1 aliphatic heterocycles. The molecule has 0 bridgehead atoms. The highest BCUT2D eigenvalue weighted by atomic mass is 16.2. The molecule has 1 aromatic heterocycles. The Kier molecular flexibility index (Phi) is 6.31. The number of benzene rings is 1. The van der Waals surface area contributed by atoms with Crippen molar-refractivity contribution in [1.29, 1.82) is 0 Å². The van der Waals surface area contributed by atoms with Crippen LogP contribution < -0.4 is 5.32 Å². The Bertz CT molecular complexity index is 745. The van der Waals surface area contributed by atoms with Crippen molar-refractivity contribution in [2.24, 2.45) is 5.92 Å². The van der Waals surface area contributed by atoms with Gasteiger partial charge in [0, 0.05) is 50.2 Å². The van der Waals surface area contributed by atoms with E-state index >= 15 is 0 Å². The van der Waals surface area contributed by atoms with Crippen LogP contribution in [0.4, 0.5) is 0 Å². The van der Waals surface area contributed by atoms with Gasteiger partial charge in [-0.05, 0) is 43.2 Å². The summed E-state index contributed by atoms with van der Waals surface area (Å²) in [4.78, 5) is 26.2. The quantitative estimate of drug-likeness (QED) is 0.776. The normalized spacial score (nSPS) is 15.3. The van der Waals surface area contributed by atoms with E-state index in [0.717, 1.165) is 32.2 Å². The third-order valence-corrected chi connectivity index (χ3v) is 5.24. The van der Waals surface area contributed by atoms with Gasteiger partial charge in [-0.15, -0.1) is 0 Å². The van der Waals surface area contributed by atoms with Crippen molar-refractivity contribution in [1.82, 2.24) is 14.8 Å². The second-order valence-electron chi connectivity index (χ2n) is 7.12. The molecule has 0 atom stereocenters. The van der Waals surface area contributed by atoms with E-state index in [9.17, 15) is 9.59 Å². The van der Waals surface area contributed by atoms with Crippen molar-refractivity contribution in [3.05, 3.63) is 36.5 Å². The first-order valence-corrected chi connectivity index (χ1v) is 9.78. The van der Waals surface area contributed by atoms with E-state index in [1.165, 1.54) is 10.9 Å². The summed E-state index contributed by atoms with van der Waals surface area (Å²) < 4.78 is 2.24. The number of piperidine rings is 1. The molecule has 2 heterocycles. The van der Waals surface area contributed by atoms with Crippen LogP contribution in [0.15, 0.2) is 36.5 Å². The first-order valence-electron chi connectivity index (χ1n) is 9.78. The fourth-order valence-electron chi connectivity index (χ4n) is 3.70. The van der Waals surface area contributed by atoms with Gasteiger partial charge in [0.15, 0.2) is 0 Å². The smallest absolute Gasteiger partial charge is 0.223 e. The lowest BCUT2D eigenvalue weighted by Crippen LogP contribution is -2.43. The van der Waals surface area contributed by atoms with Gasteiger partial charge in [0.1, 0.15) is 0 Å². The van der Waals surface area contributed by atoms with E-state index in [1.54, 1.807) is 0 Å². The molecule has 0 saturated carbocycles. The number of carbonyl (C=O) groups is 2. The highest BCUT2D eigenvalue weighted by Gasteiger charge is 2.26. The minimum absolute atomic E-state index is 0.0492. The molecule has 1 N–H and O–H groups in total. The fourth-order valence-corrected chi connectivity index (χ4v) is 3.70. The zero-order chi connectivity index (χ0) is 18.4. The lowest BCUT2D eigenvalue weighted by atomic mass is 9.95. The van der Waals surface area contributed by atoms with Gasteiger partial charge in [-0.3, -0.25) is 9.59 Å². The zero-order valence-electron chi connectivity index (χ0n) is 15.6. The number of likely N-dealkylation sites (tertiary alicyclic amines) is 1. The number of rotatable bonds is 7. The lowest BCUT2D eigenvalue weighted by Gasteiger charge is -2.31. The molecule has 1 fully saturated rings. The van der Waals surface area contributed by atoms with Crippen LogP contribution in [-0.4, -0.2) is 40.9 Å². The third-order valence-electron chi connectivity index (χ3n) is 5.24. The van der Waals surface area contributed by atoms with Crippen molar-refractivity contribution in [3.8, 4) is 0 Å². The van der Waals surface area contributed by atoms with Crippen molar-refractivity contribution in [3.63, 3.8) is 0 Å². The molecule has 0 aliphatic carbocycles. The average molecular weight is 355 g/mol. The van der Waals surface area contributed by atoms with Crippen molar-refractivity contribution in [2.75, 3.05) is 19.6 Å². The summed E-state index contributed by atoms with van der Waals surface area (Å²) >= 11 is 0. The predicted molar refractivity (Wildman–Crippen MR) is 104 cm³/mol. The summed E-state index contributed by atoms with van der Waals surface area (Å²) in [7, 11) is 0. The second-order valence-corrected chi connectivity index (χ2v) is 7.12. The third kappa shape index (κ3) is 4.45. The summed E-state index contributed by atoms with van der Waals surface area (Å²) in [6.45, 7) is 5.05. The summed E-state index contributed by atoms with van der Waals surface area (Å²) in [6.07, 6.45) is 6.09. The van der Waals surface area contributed by atoms with Crippen molar-refractivity contribution >= 4 is 22.7 Å². The molecule has 140 valence electrons. The number of fused-ring (bicyclic) bond motifs is 1. The monoisotopic (exact) mass is 355 g/mol. The van der Waals surface area contributed by atoms with Crippen LogP contribution in [0.3, 0.4) is 0 Å². The topological polar surface area (TPSA) is 54.3 Å². The molecule has 2 amide bonds. The lowest BCUT2D eigenvalue weighted by molar-refractivity contribution is -0.135. The van der Waals surface area contributed by atoms with Gasteiger partial charge in [0.05, 0.1) is 0 Å². The molecule has 1 saturated heterocycles. The molecule has 0 radical (unpaired) electrons. The Balaban J connectivity index is 1.38. The standard InChI is InChI=1S/C21H29N3O2/c1-2-6-20(25)24-15-10-18(11-16-24)21(26)22-12-5-13-23-14-9-17-7-3-4-8-19(17)23/h3-4,7-9,14,18H,2,5-6,10-13,15-16H2,1H3,(H,22,26). The van der Waals surface area contributed by atoms with Crippen LogP contribution in [-0.2, 0) is 16.1 Å².